The number of unbranched alkanes of at least 4 members (excludes halogenated alkanes) is 1. The maximum atomic E-state index is 12.7. The molecule has 6 nitrogen and oxygen atoms in total. The largest absolute Gasteiger partial charge is 0.356 e. The summed E-state index contributed by atoms with van der Waals surface area (Å²) in [7, 11) is -3.48. The molecule has 0 saturated carbocycles. The smallest absolute Gasteiger partial charge is 0.252 e. The highest BCUT2D eigenvalue weighted by atomic mass is 32.2. The molecule has 1 saturated heterocycles. The quantitative estimate of drug-likeness (QED) is 0.657. The summed E-state index contributed by atoms with van der Waals surface area (Å²) in [4.78, 5) is 16.9. The molecule has 3 rings (SSSR count). The molecule has 9 heteroatoms. The molecule has 0 aliphatic carbocycles. The summed E-state index contributed by atoms with van der Waals surface area (Å²) in [5, 5.41) is 7.92. The summed E-state index contributed by atoms with van der Waals surface area (Å²) < 4.78 is 27.1. The molecule has 1 aliphatic heterocycles. The van der Waals surface area contributed by atoms with E-state index in [-0.39, 0.29) is 18.4 Å². The van der Waals surface area contributed by atoms with E-state index in [1.54, 1.807) is 28.8 Å². The molecule has 0 radical (unpaired) electrons. The fourth-order valence-electron chi connectivity index (χ4n) is 3.19. The van der Waals surface area contributed by atoms with E-state index in [1.807, 2.05) is 6.92 Å². The lowest BCUT2D eigenvalue weighted by Crippen LogP contribution is -2.45. The Kier molecular flexibility index (Phi) is 7.02. The summed E-state index contributed by atoms with van der Waals surface area (Å²) in [6.07, 6.45) is 4.27. The van der Waals surface area contributed by atoms with E-state index in [4.69, 9.17) is 0 Å². The van der Waals surface area contributed by atoms with Gasteiger partial charge in [-0.3, -0.25) is 4.79 Å². The second kappa shape index (κ2) is 9.27. The van der Waals surface area contributed by atoms with Crippen LogP contribution in [0.15, 0.2) is 27.1 Å². The van der Waals surface area contributed by atoms with E-state index in [0.717, 1.165) is 36.4 Å². The lowest BCUT2D eigenvalue weighted by molar-refractivity contribution is -0.126. The normalized spacial score (nSPS) is 18.5. The Labute approximate surface area is 168 Å². The maximum Gasteiger partial charge on any atom is 0.252 e. The Balaban J connectivity index is 1.43. The standard InChI is InChI=1S/C18H25N3O3S3/c1-14-13-26-16(20-14)7-2-3-9-19-18(22)15-6-4-10-21(12-15)27(23,24)17-8-5-11-25-17/h5,8,11,13,15H,2-4,6-7,9-10,12H2,1H3,(H,19,22). The van der Waals surface area contributed by atoms with Crippen molar-refractivity contribution in [3.8, 4) is 0 Å². The number of amides is 1. The Bertz CT molecular complexity index is 846. The minimum Gasteiger partial charge on any atom is -0.356 e. The fourth-order valence-corrected chi connectivity index (χ4v) is 6.67. The van der Waals surface area contributed by atoms with Crippen LogP contribution in [0.3, 0.4) is 0 Å². The van der Waals surface area contributed by atoms with Crippen LogP contribution in [-0.2, 0) is 21.2 Å². The second-order valence-electron chi connectivity index (χ2n) is 6.77. The third-order valence-corrected chi connectivity index (χ3v) is 8.89. The minimum absolute atomic E-state index is 0.0360. The maximum absolute atomic E-state index is 12.7. The molecule has 2 aromatic heterocycles. The second-order valence-corrected chi connectivity index (χ2v) is 10.8. The SMILES string of the molecule is Cc1csc(CCCCNC(=O)C2CCCN(S(=O)(=O)c3cccs3)C2)n1. The number of carbonyl (C=O) groups is 1. The van der Waals surface area contributed by atoms with Gasteiger partial charge in [0.25, 0.3) is 10.0 Å². The highest BCUT2D eigenvalue weighted by molar-refractivity contribution is 7.91. The van der Waals surface area contributed by atoms with Gasteiger partial charge in [0.15, 0.2) is 0 Å². The summed E-state index contributed by atoms with van der Waals surface area (Å²) in [6.45, 7) is 3.37. The van der Waals surface area contributed by atoms with Crippen molar-refractivity contribution < 1.29 is 13.2 Å². The molecule has 148 valence electrons. The zero-order valence-electron chi connectivity index (χ0n) is 15.4. The van der Waals surface area contributed by atoms with Crippen LogP contribution >= 0.6 is 22.7 Å². The number of nitrogens with zero attached hydrogens (tertiary/aromatic N) is 2. The van der Waals surface area contributed by atoms with Gasteiger partial charge in [-0.2, -0.15) is 4.31 Å². The van der Waals surface area contributed by atoms with Crippen molar-refractivity contribution in [2.24, 2.45) is 5.92 Å². The summed E-state index contributed by atoms with van der Waals surface area (Å²) in [5.41, 5.74) is 1.06. The summed E-state index contributed by atoms with van der Waals surface area (Å²) >= 11 is 2.90. The molecule has 1 atom stereocenters. The number of carbonyl (C=O) groups excluding carboxylic acids is 1. The van der Waals surface area contributed by atoms with Gasteiger partial charge < -0.3 is 5.32 Å². The molecule has 1 fully saturated rings. The van der Waals surface area contributed by atoms with Crippen LogP contribution in [0.2, 0.25) is 0 Å². The van der Waals surface area contributed by atoms with Gasteiger partial charge in [-0.15, -0.1) is 22.7 Å². The van der Waals surface area contributed by atoms with Crippen LogP contribution < -0.4 is 5.32 Å². The van der Waals surface area contributed by atoms with Crippen molar-refractivity contribution in [2.75, 3.05) is 19.6 Å². The molecular formula is C18H25N3O3S3. The van der Waals surface area contributed by atoms with E-state index < -0.39 is 10.0 Å². The Morgan fingerprint density at radius 1 is 1.37 bits per heavy atom. The van der Waals surface area contributed by atoms with Crippen LogP contribution in [0, 0.1) is 12.8 Å². The lowest BCUT2D eigenvalue weighted by Gasteiger charge is -2.30. The monoisotopic (exact) mass is 427 g/mol. The van der Waals surface area contributed by atoms with Gasteiger partial charge in [-0.1, -0.05) is 6.07 Å². The molecule has 27 heavy (non-hydrogen) atoms. The van der Waals surface area contributed by atoms with Gasteiger partial charge in [0, 0.05) is 30.7 Å². The summed E-state index contributed by atoms with van der Waals surface area (Å²) in [6, 6.07) is 3.35. The first-order valence-corrected chi connectivity index (χ1v) is 12.4. The molecule has 1 unspecified atom stereocenters. The van der Waals surface area contributed by atoms with Gasteiger partial charge in [-0.05, 0) is 50.5 Å². The molecule has 2 aromatic rings. The van der Waals surface area contributed by atoms with E-state index in [2.05, 4.69) is 15.7 Å². The van der Waals surface area contributed by atoms with Crippen LogP contribution in [0.5, 0.6) is 0 Å². The number of hydrogen-bond donors (Lipinski definition) is 1. The number of sulfonamides is 1. The van der Waals surface area contributed by atoms with Crippen molar-refractivity contribution in [2.45, 2.75) is 43.2 Å². The van der Waals surface area contributed by atoms with Gasteiger partial charge in [0.1, 0.15) is 4.21 Å². The lowest BCUT2D eigenvalue weighted by atomic mass is 9.99. The predicted octanol–water partition coefficient (Wildman–Crippen LogP) is 3.05. The van der Waals surface area contributed by atoms with E-state index >= 15 is 0 Å². The van der Waals surface area contributed by atoms with Gasteiger partial charge in [0.2, 0.25) is 5.91 Å². The predicted molar refractivity (Wildman–Crippen MR) is 109 cm³/mol. The molecule has 0 spiro atoms. The first-order valence-electron chi connectivity index (χ1n) is 9.19. The Morgan fingerprint density at radius 2 is 2.22 bits per heavy atom. The van der Waals surface area contributed by atoms with Crippen molar-refractivity contribution in [3.63, 3.8) is 0 Å². The number of piperidine rings is 1. The molecule has 3 heterocycles. The van der Waals surface area contributed by atoms with Crippen LogP contribution in [-0.4, -0.2) is 43.2 Å². The average molecular weight is 428 g/mol. The van der Waals surface area contributed by atoms with Gasteiger partial charge in [0.05, 0.1) is 10.9 Å². The Morgan fingerprint density at radius 3 is 2.93 bits per heavy atom. The molecule has 0 bridgehead atoms. The first kappa shape index (κ1) is 20.4. The molecule has 1 amide bonds. The number of aromatic nitrogens is 1. The summed E-state index contributed by atoms with van der Waals surface area (Å²) in [5.74, 6) is -0.304. The van der Waals surface area contributed by atoms with Crippen molar-refractivity contribution in [3.05, 3.63) is 33.6 Å². The topological polar surface area (TPSA) is 79.4 Å². The molecular weight excluding hydrogens is 402 g/mol. The minimum atomic E-state index is -3.48. The van der Waals surface area contributed by atoms with Crippen molar-refractivity contribution in [1.29, 1.82) is 0 Å². The third-order valence-electron chi connectivity index (χ3n) is 4.63. The van der Waals surface area contributed by atoms with E-state index in [0.29, 0.717) is 23.7 Å². The van der Waals surface area contributed by atoms with Crippen LogP contribution in [0.25, 0.3) is 0 Å². The van der Waals surface area contributed by atoms with Gasteiger partial charge in [-0.25, -0.2) is 13.4 Å². The van der Waals surface area contributed by atoms with E-state index in [1.165, 1.54) is 15.6 Å². The average Bonchev–Trinajstić information content (AvgIpc) is 3.33. The number of aryl methyl sites for hydroxylation is 2. The fraction of sp³-hybridized carbons (Fsp3) is 0.556. The first-order chi connectivity index (χ1) is 13.0. The highest BCUT2D eigenvalue weighted by Gasteiger charge is 2.33. The third kappa shape index (κ3) is 5.37. The number of rotatable bonds is 8. The van der Waals surface area contributed by atoms with Crippen LogP contribution in [0.1, 0.15) is 36.4 Å². The zero-order valence-corrected chi connectivity index (χ0v) is 17.8. The van der Waals surface area contributed by atoms with Crippen molar-refractivity contribution in [1.82, 2.24) is 14.6 Å². The van der Waals surface area contributed by atoms with Gasteiger partial charge >= 0.3 is 0 Å². The highest BCUT2D eigenvalue weighted by Crippen LogP contribution is 2.26. The molecule has 1 N–H and O–H groups in total. The number of thiazole rings is 1. The zero-order chi connectivity index (χ0) is 19.3. The van der Waals surface area contributed by atoms with Crippen molar-refractivity contribution >= 4 is 38.6 Å². The van der Waals surface area contributed by atoms with Crippen LogP contribution in [0.4, 0.5) is 0 Å². The van der Waals surface area contributed by atoms with E-state index in [9.17, 15) is 13.2 Å². The number of hydrogen-bond acceptors (Lipinski definition) is 6. The molecule has 1 aliphatic rings. The molecule has 0 aromatic carbocycles. The number of thiophene rings is 1. The number of nitrogens with one attached hydrogen (secondary N) is 1. The Hall–Kier alpha value is -1.29.